The Morgan fingerprint density at radius 3 is 2.63 bits per heavy atom. The normalized spacial score (nSPS) is 18.6. The summed E-state index contributed by atoms with van der Waals surface area (Å²) in [5, 5.41) is 14.5. The Morgan fingerprint density at radius 2 is 2.00 bits per heavy atom. The topological polar surface area (TPSA) is 109 Å². The van der Waals surface area contributed by atoms with Gasteiger partial charge in [-0.25, -0.2) is 4.98 Å². The highest BCUT2D eigenvalue weighted by Gasteiger charge is 2.40. The Labute approximate surface area is 174 Å². The van der Waals surface area contributed by atoms with Gasteiger partial charge in [0, 0.05) is 30.4 Å². The molecule has 3 aromatic rings. The molecule has 1 fully saturated rings. The van der Waals surface area contributed by atoms with Crippen LogP contribution < -0.4 is 5.32 Å². The van der Waals surface area contributed by atoms with E-state index < -0.39 is 0 Å². The van der Waals surface area contributed by atoms with E-state index in [1.54, 1.807) is 27.9 Å². The molecule has 4 rings (SSSR count). The quantitative estimate of drug-likeness (QED) is 0.673. The third-order valence-corrected chi connectivity index (χ3v) is 5.48. The van der Waals surface area contributed by atoms with Gasteiger partial charge >= 0.3 is 0 Å². The van der Waals surface area contributed by atoms with Gasteiger partial charge in [0.25, 0.3) is 11.8 Å². The van der Waals surface area contributed by atoms with Crippen LogP contribution in [0.25, 0.3) is 0 Å². The van der Waals surface area contributed by atoms with Crippen molar-refractivity contribution in [3.63, 3.8) is 0 Å². The van der Waals surface area contributed by atoms with Gasteiger partial charge in [0.15, 0.2) is 5.82 Å². The molecule has 0 bridgehead atoms. The van der Waals surface area contributed by atoms with Crippen molar-refractivity contribution in [3.05, 3.63) is 65.0 Å². The minimum atomic E-state index is -0.326. The summed E-state index contributed by atoms with van der Waals surface area (Å²) in [6, 6.07) is 8.53. The summed E-state index contributed by atoms with van der Waals surface area (Å²) in [5.41, 5.74) is 1.97. The average Bonchev–Trinajstić information content (AvgIpc) is 3.46. The number of benzene rings is 1. The SMILES string of the molecule is CCn1ncc(C(=O)N2CC(NC(=O)c3ccccc3)CC2c2n[nH]c(C)n2)c1C. The lowest BCUT2D eigenvalue weighted by Gasteiger charge is -2.22. The van der Waals surface area contributed by atoms with Crippen LogP contribution in [0.4, 0.5) is 0 Å². The van der Waals surface area contributed by atoms with Gasteiger partial charge < -0.3 is 10.2 Å². The maximum atomic E-state index is 13.4. The van der Waals surface area contributed by atoms with E-state index in [1.165, 1.54) is 0 Å². The van der Waals surface area contributed by atoms with Crippen molar-refractivity contribution < 1.29 is 9.59 Å². The van der Waals surface area contributed by atoms with Crippen molar-refractivity contribution in [3.8, 4) is 0 Å². The van der Waals surface area contributed by atoms with Gasteiger partial charge in [-0.1, -0.05) is 18.2 Å². The van der Waals surface area contributed by atoms with Crippen molar-refractivity contribution in [2.75, 3.05) is 6.54 Å². The lowest BCUT2D eigenvalue weighted by atomic mass is 10.1. The Bertz CT molecular complexity index is 1060. The predicted octanol–water partition coefficient (Wildman–Crippen LogP) is 2.02. The number of hydrogen-bond donors (Lipinski definition) is 2. The van der Waals surface area contributed by atoms with Crippen LogP contribution in [0.1, 0.15) is 57.4 Å². The number of nitrogens with zero attached hydrogens (tertiary/aromatic N) is 5. The summed E-state index contributed by atoms with van der Waals surface area (Å²) >= 11 is 0. The van der Waals surface area contributed by atoms with Crippen LogP contribution in [-0.2, 0) is 6.54 Å². The number of hydrogen-bond acceptors (Lipinski definition) is 5. The fourth-order valence-corrected chi connectivity index (χ4v) is 3.91. The third kappa shape index (κ3) is 3.70. The molecule has 3 heterocycles. The molecule has 156 valence electrons. The van der Waals surface area contributed by atoms with Gasteiger partial charge in [0.05, 0.1) is 17.8 Å². The average molecular weight is 407 g/mol. The second-order valence-corrected chi connectivity index (χ2v) is 7.48. The van der Waals surface area contributed by atoms with E-state index in [2.05, 4.69) is 25.6 Å². The Hall–Kier alpha value is -3.49. The van der Waals surface area contributed by atoms with Crippen molar-refractivity contribution in [2.45, 2.75) is 45.8 Å². The molecule has 30 heavy (non-hydrogen) atoms. The Balaban J connectivity index is 1.59. The summed E-state index contributed by atoms with van der Waals surface area (Å²) in [6.07, 6.45) is 2.15. The molecule has 1 aliphatic rings. The molecule has 2 unspecified atom stereocenters. The first-order chi connectivity index (χ1) is 14.5. The molecule has 1 saturated heterocycles. The number of amides is 2. The van der Waals surface area contributed by atoms with Crippen LogP contribution in [0.2, 0.25) is 0 Å². The minimum Gasteiger partial charge on any atom is -0.347 e. The van der Waals surface area contributed by atoms with Gasteiger partial charge in [-0.3, -0.25) is 19.4 Å². The lowest BCUT2D eigenvalue weighted by Crippen LogP contribution is -2.38. The summed E-state index contributed by atoms with van der Waals surface area (Å²) in [7, 11) is 0. The maximum Gasteiger partial charge on any atom is 0.258 e. The first kappa shape index (κ1) is 19.8. The zero-order valence-corrected chi connectivity index (χ0v) is 17.3. The van der Waals surface area contributed by atoms with E-state index in [0.717, 1.165) is 5.69 Å². The standard InChI is InChI=1S/C21H25N7O2/c1-4-28-13(2)17(11-22-28)21(30)27-12-16(10-18(27)19-23-14(3)25-26-19)24-20(29)15-8-6-5-7-9-15/h5-9,11,16,18H,4,10,12H2,1-3H3,(H,24,29)(H,23,25,26). The van der Waals surface area contributed by atoms with Crippen LogP contribution in [0.3, 0.4) is 0 Å². The molecular formula is C21H25N7O2. The monoisotopic (exact) mass is 407 g/mol. The first-order valence-corrected chi connectivity index (χ1v) is 10.1. The molecule has 2 amide bonds. The molecular weight excluding hydrogens is 382 g/mol. The molecule has 1 aliphatic heterocycles. The second-order valence-electron chi connectivity index (χ2n) is 7.48. The Kier molecular flexibility index (Phi) is 5.35. The van der Waals surface area contributed by atoms with Crippen LogP contribution in [0, 0.1) is 13.8 Å². The predicted molar refractivity (Wildman–Crippen MR) is 110 cm³/mol. The molecule has 0 aliphatic carbocycles. The highest BCUT2D eigenvalue weighted by atomic mass is 16.2. The van der Waals surface area contributed by atoms with Crippen molar-refractivity contribution in [2.24, 2.45) is 0 Å². The number of aryl methyl sites for hydroxylation is 2. The third-order valence-electron chi connectivity index (χ3n) is 5.48. The van der Waals surface area contributed by atoms with E-state index in [4.69, 9.17) is 0 Å². The van der Waals surface area contributed by atoms with Gasteiger partial charge in [-0.15, -0.1) is 0 Å². The number of carbonyl (C=O) groups is 2. The summed E-state index contributed by atoms with van der Waals surface area (Å²) < 4.78 is 1.80. The van der Waals surface area contributed by atoms with Crippen molar-refractivity contribution in [1.82, 2.24) is 35.2 Å². The minimum absolute atomic E-state index is 0.129. The largest absolute Gasteiger partial charge is 0.347 e. The molecule has 2 N–H and O–H groups in total. The number of carbonyl (C=O) groups excluding carboxylic acids is 2. The van der Waals surface area contributed by atoms with Crippen LogP contribution in [-0.4, -0.2) is 54.3 Å². The highest BCUT2D eigenvalue weighted by molar-refractivity contribution is 5.96. The van der Waals surface area contributed by atoms with E-state index >= 15 is 0 Å². The first-order valence-electron chi connectivity index (χ1n) is 10.1. The highest BCUT2D eigenvalue weighted by Crippen LogP contribution is 2.32. The number of H-pyrrole nitrogens is 1. The lowest BCUT2D eigenvalue weighted by molar-refractivity contribution is 0.0723. The Morgan fingerprint density at radius 1 is 1.23 bits per heavy atom. The molecule has 9 nitrogen and oxygen atoms in total. The van der Waals surface area contributed by atoms with Crippen LogP contribution >= 0.6 is 0 Å². The molecule has 2 atom stereocenters. The number of aromatic amines is 1. The van der Waals surface area contributed by atoms with Crippen LogP contribution in [0.15, 0.2) is 36.5 Å². The number of aromatic nitrogens is 5. The summed E-state index contributed by atoms with van der Waals surface area (Å²) in [4.78, 5) is 32.2. The number of nitrogens with one attached hydrogen (secondary N) is 2. The molecule has 0 spiro atoms. The van der Waals surface area contributed by atoms with E-state index in [-0.39, 0.29) is 23.9 Å². The van der Waals surface area contributed by atoms with E-state index in [1.807, 2.05) is 39.0 Å². The van der Waals surface area contributed by atoms with Gasteiger partial charge in [0.2, 0.25) is 0 Å². The smallest absolute Gasteiger partial charge is 0.258 e. The summed E-state index contributed by atoms with van der Waals surface area (Å²) in [5.74, 6) is 0.952. The maximum absolute atomic E-state index is 13.4. The van der Waals surface area contributed by atoms with Gasteiger partial charge in [-0.2, -0.15) is 10.2 Å². The second kappa shape index (κ2) is 8.10. The van der Waals surface area contributed by atoms with E-state index in [9.17, 15) is 9.59 Å². The summed E-state index contributed by atoms with van der Waals surface area (Å²) in [6.45, 7) is 6.77. The molecule has 0 saturated carbocycles. The fourth-order valence-electron chi connectivity index (χ4n) is 3.91. The van der Waals surface area contributed by atoms with Crippen molar-refractivity contribution >= 4 is 11.8 Å². The fraction of sp³-hybridized carbons (Fsp3) is 0.381. The molecule has 1 aromatic carbocycles. The van der Waals surface area contributed by atoms with Crippen molar-refractivity contribution in [1.29, 1.82) is 0 Å². The molecule has 2 aromatic heterocycles. The van der Waals surface area contributed by atoms with Gasteiger partial charge in [0.1, 0.15) is 5.82 Å². The molecule has 0 radical (unpaired) electrons. The number of rotatable bonds is 5. The van der Waals surface area contributed by atoms with E-state index in [0.29, 0.717) is 42.3 Å². The zero-order valence-electron chi connectivity index (χ0n) is 17.3. The number of likely N-dealkylation sites (tertiary alicyclic amines) is 1. The van der Waals surface area contributed by atoms with Gasteiger partial charge in [-0.05, 0) is 39.3 Å². The van der Waals surface area contributed by atoms with Crippen LogP contribution in [0.5, 0.6) is 0 Å². The molecule has 9 heteroatoms. The zero-order chi connectivity index (χ0) is 21.3.